The van der Waals surface area contributed by atoms with E-state index in [9.17, 15) is 9.18 Å². The van der Waals surface area contributed by atoms with Gasteiger partial charge >= 0.3 is 0 Å². The molecular weight excluding hydrogens is 359 g/mol. The van der Waals surface area contributed by atoms with Crippen LogP contribution in [0.5, 0.6) is 0 Å². The Morgan fingerprint density at radius 2 is 1.89 bits per heavy atom. The molecule has 1 aliphatic rings. The minimum Gasteiger partial charge on any atom is -0.356 e. The molecule has 3 heterocycles. The van der Waals surface area contributed by atoms with E-state index in [1.807, 2.05) is 34.5 Å². The van der Waals surface area contributed by atoms with Gasteiger partial charge in [-0.3, -0.25) is 4.79 Å². The van der Waals surface area contributed by atoms with Crippen molar-refractivity contribution in [2.24, 2.45) is 0 Å². The van der Waals surface area contributed by atoms with E-state index in [1.165, 1.54) is 34.4 Å². The van der Waals surface area contributed by atoms with Crippen molar-refractivity contribution in [3.8, 4) is 0 Å². The molecule has 0 unspecified atom stereocenters. The Morgan fingerprint density at radius 3 is 2.67 bits per heavy atom. The molecule has 0 aliphatic carbocycles. The lowest BCUT2D eigenvalue weighted by molar-refractivity contribution is 0.0697. The summed E-state index contributed by atoms with van der Waals surface area (Å²) in [5, 5.41) is 3.11. The van der Waals surface area contributed by atoms with Crippen LogP contribution in [0.2, 0.25) is 0 Å². The molecule has 5 rings (SSSR count). The van der Waals surface area contributed by atoms with Crippen LogP contribution in [0.3, 0.4) is 0 Å². The summed E-state index contributed by atoms with van der Waals surface area (Å²) in [6.07, 6.45) is 0.800. The van der Waals surface area contributed by atoms with Gasteiger partial charge in [-0.15, -0.1) is 11.3 Å². The summed E-state index contributed by atoms with van der Waals surface area (Å²) in [5.41, 5.74) is 4.25. The zero-order valence-corrected chi connectivity index (χ0v) is 15.3. The van der Waals surface area contributed by atoms with Gasteiger partial charge in [-0.05, 0) is 47.2 Å². The number of thiophene rings is 1. The van der Waals surface area contributed by atoms with Crippen LogP contribution in [0.25, 0.3) is 10.9 Å². The predicted molar refractivity (Wildman–Crippen MR) is 106 cm³/mol. The Bertz CT molecular complexity index is 1120. The third-order valence-corrected chi connectivity index (χ3v) is 6.07. The summed E-state index contributed by atoms with van der Waals surface area (Å²) in [6, 6.07) is 18.2. The third kappa shape index (κ3) is 2.66. The molecule has 2 aromatic carbocycles. The van der Waals surface area contributed by atoms with E-state index in [0.717, 1.165) is 28.1 Å². The first-order chi connectivity index (χ1) is 13.2. The molecule has 1 atom stereocenters. The number of rotatable bonds is 2. The second-order valence-electron chi connectivity index (χ2n) is 6.74. The number of para-hydroxylation sites is 1. The first kappa shape index (κ1) is 16.3. The van der Waals surface area contributed by atoms with Crippen molar-refractivity contribution in [1.29, 1.82) is 0 Å². The number of halogens is 1. The van der Waals surface area contributed by atoms with Crippen LogP contribution in [0.4, 0.5) is 4.39 Å². The average molecular weight is 376 g/mol. The summed E-state index contributed by atoms with van der Waals surface area (Å²) >= 11 is 1.45. The van der Waals surface area contributed by atoms with Gasteiger partial charge in [0, 0.05) is 23.1 Å². The van der Waals surface area contributed by atoms with Gasteiger partial charge in [0.1, 0.15) is 5.82 Å². The number of nitrogens with zero attached hydrogens (tertiary/aromatic N) is 1. The van der Waals surface area contributed by atoms with Gasteiger partial charge in [0.15, 0.2) is 0 Å². The topological polar surface area (TPSA) is 36.1 Å². The van der Waals surface area contributed by atoms with Crippen molar-refractivity contribution in [2.75, 3.05) is 6.54 Å². The van der Waals surface area contributed by atoms with E-state index in [0.29, 0.717) is 6.54 Å². The fourth-order valence-corrected chi connectivity index (χ4v) is 4.67. The molecule has 5 heteroatoms. The van der Waals surface area contributed by atoms with Crippen molar-refractivity contribution >= 4 is 28.1 Å². The number of hydrogen-bond acceptors (Lipinski definition) is 2. The Hall–Kier alpha value is -2.92. The molecule has 134 valence electrons. The second-order valence-corrected chi connectivity index (χ2v) is 7.69. The average Bonchev–Trinajstić information content (AvgIpc) is 3.35. The second kappa shape index (κ2) is 6.35. The van der Waals surface area contributed by atoms with Crippen molar-refractivity contribution in [1.82, 2.24) is 9.88 Å². The van der Waals surface area contributed by atoms with E-state index >= 15 is 0 Å². The maximum Gasteiger partial charge on any atom is 0.264 e. The van der Waals surface area contributed by atoms with E-state index in [2.05, 4.69) is 17.1 Å². The maximum atomic E-state index is 13.5. The fraction of sp³-hybridized carbons (Fsp3) is 0.136. The van der Waals surface area contributed by atoms with Crippen molar-refractivity contribution < 1.29 is 9.18 Å². The molecule has 27 heavy (non-hydrogen) atoms. The summed E-state index contributed by atoms with van der Waals surface area (Å²) in [5.74, 6) is -0.258. The SMILES string of the molecule is O=C(c1cccs1)N1CCc2c([nH]c3ccccc23)[C@@H]1c1ccc(F)cc1. The largest absolute Gasteiger partial charge is 0.356 e. The monoisotopic (exact) mass is 376 g/mol. The van der Waals surface area contributed by atoms with Crippen LogP contribution in [0.1, 0.15) is 32.5 Å². The number of amides is 1. The van der Waals surface area contributed by atoms with Crippen LogP contribution >= 0.6 is 11.3 Å². The quantitative estimate of drug-likeness (QED) is 0.516. The molecule has 1 N–H and O–H groups in total. The highest BCUT2D eigenvalue weighted by Crippen LogP contribution is 2.39. The van der Waals surface area contributed by atoms with Crippen LogP contribution in [0, 0.1) is 5.82 Å². The Balaban J connectivity index is 1.68. The lowest BCUT2D eigenvalue weighted by Gasteiger charge is -2.36. The molecule has 0 radical (unpaired) electrons. The van der Waals surface area contributed by atoms with Gasteiger partial charge in [0.2, 0.25) is 0 Å². The molecule has 2 aromatic heterocycles. The zero-order valence-electron chi connectivity index (χ0n) is 14.5. The minimum atomic E-state index is -0.275. The van der Waals surface area contributed by atoms with Gasteiger partial charge in [-0.2, -0.15) is 0 Å². The number of nitrogens with one attached hydrogen (secondary N) is 1. The van der Waals surface area contributed by atoms with Gasteiger partial charge in [-0.25, -0.2) is 4.39 Å². The number of aromatic amines is 1. The molecule has 4 aromatic rings. The van der Waals surface area contributed by atoms with Gasteiger partial charge < -0.3 is 9.88 Å². The standard InChI is InChI=1S/C22H17FN2OS/c23-15-9-7-14(8-10-15)21-20-17(16-4-1-2-5-18(16)24-20)11-12-25(21)22(26)19-6-3-13-27-19/h1-10,13,21,24H,11-12H2/t21-/m0/s1. The minimum absolute atomic E-state index is 0.0173. The smallest absolute Gasteiger partial charge is 0.264 e. The fourth-order valence-electron chi connectivity index (χ4n) is 3.99. The van der Waals surface area contributed by atoms with Gasteiger partial charge in [-0.1, -0.05) is 36.4 Å². The normalized spacial score (nSPS) is 16.5. The lowest BCUT2D eigenvalue weighted by atomic mass is 9.92. The van der Waals surface area contributed by atoms with Crippen LogP contribution < -0.4 is 0 Å². The summed E-state index contributed by atoms with van der Waals surface area (Å²) in [7, 11) is 0. The van der Waals surface area contributed by atoms with Crippen LogP contribution in [0.15, 0.2) is 66.0 Å². The number of benzene rings is 2. The predicted octanol–water partition coefficient (Wildman–Crippen LogP) is 5.16. The maximum absolute atomic E-state index is 13.5. The van der Waals surface area contributed by atoms with Crippen LogP contribution in [-0.4, -0.2) is 22.3 Å². The molecule has 0 saturated heterocycles. The number of fused-ring (bicyclic) bond motifs is 3. The highest BCUT2D eigenvalue weighted by molar-refractivity contribution is 7.12. The molecular formula is C22H17FN2OS. The van der Waals surface area contributed by atoms with E-state index in [4.69, 9.17) is 0 Å². The molecule has 0 saturated carbocycles. The van der Waals surface area contributed by atoms with Crippen LogP contribution in [-0.2, 0) is 6.42 Å². The molecule has 0 spiro atoms. The first-order valence-electron chi connectivity index (χ1n) is 8.92. The van der Waals surface area contributed by atoms with E-state index in [-0.39, 0.29) is 17.8 Å². The first-order valence-corrected chi connectivity index (χ1v) is 9.80. The Kier molecular flexibility index (Phi) is 3.83. The highest BCUT2D eigenvalue weighted by Gasteiger charge is 2.35. The summed E-state index contributed by atoms with van der Waals surface area (Å²) in [6.45, 7) is 0.633. The number of hydrogen-bond donors (Lipinski definition) is 1. The molecule has 3 nitrogen and oxygen atoms in total. The molecule has 0 fully saturated rings. The van der Waals surface area contributed by atoms with E-state index < -0.39 is 0 Å². The molecule has 1 aliphatic heterocycles. The number of carbonyl (C=O) groups is 1. The van der Waals surface area contributed by atoms with Crippen molar-refractivity contribution in [2.45, 2.75) is 12.5 Å². The number of H-pyrrole nitrogens is 1. The summed E-state index contributed by atoms with van der Waals surface area (Å²) in [4.78, 5) is 19.3. The summed E-state index contributed by atoms with van der Waals surface area (Å²) < 4.78 is 13.5. The number of carbonyl (C=O) groups excluding carboxylic acids is 1. The Morgan fingerprint density at radius 1 is 1.07 bits per heavy atom. The van der Waals surface area contributed by atoms with Crippen molar-refractivity contribution in [3.05, 3.63) is 93.6 Å². The van der Waals surface area contributed by atoms with Gasteiger partial charge in [0.05, 0.1) is 10.9 Å². The highest BCUT2D eigenvalue weighted by atomic mass is 32.1. The van der Waals surface area contributed by atoms with Crippen molar-refractivity contribution in [3.63, 3.8) is 0 Å². The Labute approximate surface area is 160 Å². The lowest BCUT2D eigenvalue weighted by Crippen LogP contribution is -2.40. The van der Waals surface area contributed by atoms with Gasteiger partial charge in [0.25, 0.3) is 5.91 Å². The molecule has 0 bridgehead atoms. The van der Waals surface area contributed by atoms with E-state index in [1.54, 1.807) is 12.1 Å². The zero-order chi connectivity index (χ0) is 18.4. The number of aromatic nitrogens is 1. The molecule has 1 amide bonds. The third-order valence-electron chi connectivity index (χ3n) is 5.21.